The van der Waals surface area contributed by atoms with E-state index >= 15 is 0 Å². The standard InChI is InChI=1S/C24H29N2O5P/c1-4-29-32(27,30-5-2)24-23(25-18-17-20-11-14-21(28-3)15-12-20)31-22(26-24)16-13-19-9-7-6-8-10-19/h6-16,25H,4-5,17-18H2,1-3H3. The molecule has 0 radical (unpaired) electrons. The molecule has 1 N–H and O–H groups in total. The van der Waals surface area contributed by atoms with Gasteiger partial charge in [0, 0.05) is 12.6 Å². The quantitative estimate of drug-likeness (QED) is 0.365. The van der Waals surface area contributed by atoms with Crippen LogP contribution in [0.15, 0.2) is 59.0 Å². The van der Waals surface area contributed by atoms with Gasteiger partial charge in [-0.1, -0.05) is 42.5 Å². The lowest BCUT2D eigenvalue weighted by Gasteiger charge is -2.15. The van der Waals surface area contributed by atoms with Gasteiger partial charge in [-0.05, 0) is 49.6 Å². The van der Waals surface area contributed by atoms with E-state index in [1.807, 2.05) is 60.7 Å². The first-order valence-electron chi connectivity index (χ1n) is 10.6. The van der Waals surface area contributed by atoms with E-state index < -0.39 is 7.60 Å². The van der Waals surface area contributed by atoms with Crippen LogP contribution in [0.25, 0.3) is 12.2 Å². The fraction of sp³-hybridized carbons (Fsp3) is 0.292. The first kappa shape index (κ1) is 23.8. The topological polar surface area (TPSA) is 82.8 Å². The Hall–Kier alpha value is -2.86. The van der Waals surface area contributed by atoms with E-state index in [2.05, 4.69) is 10.3 Å². The molecule has 0 bridgehead atoms. The molecule has 1 heterocycles. The fourth-order valence-corrected chi connectivity index (χ4v) is 4.64. The highest BCUT2D eigenvalue weighted by molar-refractivity contribution is 7.62. The number of nitrogens with one attached hydrogen (secondary N) is 1. The second kappa shape index (κ2) is 11.7. The summed E-state index contributed by atoms with van der Waals surface area (Å²) in [6.45, 7) is 4.53. The van der Waals surface area contributed by atoms with Crippen LogP contribution >= 0.6 is 7.60 Å². The predicted octanol–water partition coefficient (Wildman–Crippen LogP) is 5.40. The number of oxazole rings is 1. The summed E-state index contributed by atoms with van der Waals surface area (Å²) in [6.07, 6.45) is 4.34. The molecule has 32 heavy (non-hydrogen) atoms. The van der Waals surface area contributed by atoms with E-state index in [4.69, 9.17) is 18.2 Å². The van der Waals surface area contributed by atoms with Crippen molar-refractivity contribution in [3.05, 3.63) is 71.6 Å². The molecule has 0 aliphatic carbocycles. The number of benzene rings is 2. The monoisotopic (exact) mass is 456 g/mol. The third-order valence-corrected chi connectivity index (χ3v) is 6.58. The largest absolute Gasteiger partial charge is 0.497 e. The van der Waals surface area contributed by atoms with Gasteiger partial charge in [-0.3, -0.25) is 4.57 Å². The Kier molecular flexibility index (Phi) is 8.68. The van der Waals surface area contributed by atoms with Gasteiger partial charge in [0.2, 0.25) is 17.2 Å². The predicted molar refractivity (Wildman–Crippen MR) is 128 cm³/mol. The van der Waals surface area contributed by atoms with E-state index in [1.54, 1.807) is 27.0 Å². The zero-order valence-corrected chi connectivity index (χ0v) is 19.5. The maximum Gasteiger partial charge on any atom is 0.385 e. The van der Waals surface area contributed by atoms with E-state index in [-0.39, 0.29) is 24.5 Å². The normalized spacial score (nSPS) is 11.7. The van der Waals surface area contributed by atoms with Gasteiger partial charge < -0.3 is 23.5 Å². The van der Waals surface area contributed by atoms with Crippen LogP contribution < -0.4 is 15.5 Å². The molecular weight excluding hydrogens is 427 g/mol. The smallest absolute Gasteiger partial charge is 0.385 e. The van der Waals surface area contributed by atoms with Crippen LogP contribution in [0.2, 0.25) is 0 Å². The molecule has 0 atom stereocenters. The van der Waals surface area contributed by atoms with Gasteiger partial charge in [0.05, 0.1) is 20.3 Å². The van der Waals surface area contributed by atoms with E-state index in [1.165, 1.54) is 0 Å². The number of methoxy groups -OCH3 is 1. The molecule has 0 spiro atoms. The highest BCUT2D eigenvalue weighted by Gasteiger charge is 2.35. The van der Waals surface area contributed by atoms with Crippen molar-refractivity contribution in [2.75, 3.05) is 32.2 Å². The average molecular weight is 456 g/mol. The minimum atomic E-state index is -3.62. The molecule has 0 fully saturated rings. The summed E-state index contributed by atoms with van der Waals surface area (Å²) >= 11 is 0. The molecule has 170 valence electrons. The molecule has 0 saturated carbocycles. The molecule has 0 amide bonds. The molecule has 7 nitrogen and oxygen atoms in total. The molecule has 8 heteroatoms. The molecule has 1 aromatic heterocycles. The van der Waals surface area contributed by atoms with Crippen LogP contribution in [0.4, 0.5) is 5.88 Å². The van der Waals surface area contributed by atoms with Crippen LogP contribution in [0, 0.1) is 0 Å². The maximum absolute atomic E-state index is 13.4. The molecule has 0 aliphatic heterocycles. The lowest BCUT2D eigenvalue weighted by atomic mass is 10.1. The fourth-order valence-electron chi connectivity index (χ4n) is 3.04. The summed E-state index contributed by atoms with van der Waals surface area (Å²) < 4.78 is 35.5. The Bertz CT molecular complexity index is 1040. The summed E-state index contributed by atoms with van der Waals surface area (Å²) in [5.41, 5.74) is 2.28. The summed E-state index contributed by atoms with van der Waals surface area (Å²) in [7, 11) is -1.98. The van der Waals surface area contributed by atoms with Crippen molar-refractivity contribution < 1.29 is 22.8 Å². The highest BCUT2D eigenvalue weighted by atomic mass is 31.2. The maximum atomic E-state index is 13.4. The van der Waals surface area contributed by atoms with Crippen molar-refractivity contribution in [2.24, 2.45) is 0 Å². The number of ether oxygens (including phenoxy) is 1. The van der Waals surface area contributed by atoms with Gasteiger partial charge in [-0.25, -0.2) is 0 Å². The first-order valence-corrected chi connectivity index (χ1v) is 12.1. The van der Waals surface area contributed by atoms with Gasteiger partial charge in [0.15, 0.2) is 0 Å². The number of hydrogen-bond acceptors (Lipinski definition) is 7. The number of anilines is 1. The third kappa shape index (κ3) is 6.33. The Balaban J connectivity index is 1.81. The van der Waals surface area contributed by atoms with Crippen LogP contribution in [0.3, 0.4) is 0 Å². The zero-order valence-electron chi connectivity index (χ0n) is 18.6. The molecule has 0 aliphatic rings. The second-order valence-corrected chi connectivity index (χ2v) is 8.74. The molecule has 2 aromatic carbocycles. The summed E-state index contributed by atoms with van der Waals surface area (Å²) in [5, 5.41) is 3.20. The minimum Gasteiger partial charge on any atom is -0.497 e. The van der Waals surface area contributed by atoms with E-state index in [0.29, 0.717) is 12.4 Å². The lowest BCUT2D eigenvalue weighted by Crippen LogP contribution is -2.17. The van der Waals surface area contributed by atoms with Crippen LogP contribution in [-0.4, -0.2) is 31.9 Å². The Morgan fingerprint density at radius 3 is 2.31 bits per heavy atom. The van der Waals surface area contributed by atoms with Crippen molar-refractivity contribution in [3.63, 3.8) is 0 Å². The van der Waals surface area contributed by atoms with Crippen molar-refractivity contribution in [2.45, 2.75) is 20.3 Å². The second-order valence-electron chi connectivity index (χ2n) is 6.81. The van der Waals surface area contributed by atoms with Gasteiger partial charge in [0.1, 0.15) is 5.75 Å². The van der Waals surface area contributed by atoms with Crippen LogP contribution in [0.5, 0.6) is 5.75 Å². The number of hydrogen-bond donors (Lipinski definition) is 1. The Labute approximate surface area is 189 Å². The minimum absolute atomic E-state index is 0.156. The first-order chi connectivity index (χ1) is 15.6. The van der Waals surface area contributed by atoms with Crippen LogP contribution in [-0.2, 0) is 20.0 Å². The summed E-state index contributed by atoms with van der Waals surface area (Å²) in [4.78, 5) is 4.44. The SMILES string of the molecule is CCOP(=O)(OCC)c1nc(C=Cc2ccccc2)oc1NCCc1ccc(OC)cc1. The third-order valence-electron chi connectivity index (χ3n) is 4.56. The van der Waals surface area contributed by atoms with Crippen molar-refractivity contribution in [1.82, 2.24) is 4.98 Å². The summed E-state index contributed by atoms with van der Waals surface area (Å²) in [6, 6.07) is 17.6. The number of aromatic nitrogens is 1. The van der Waals surface area contributed by atoms with Crippen molar-refractivity contribution in [3.8, 4) is 5.75 Å². The van der Waals surface area contributed by atoms with Crippen molar-refractivity contribution in [1.29, 1.82) is 0 Å². The molecule has 0 unspecified atom stereocenters. The summed E-state index contributed by atoms with van der Waals surface area (Å²) in [5.74, 6) is 1.41. The number of rotatable bonds is 12. The van der Waals surface area contributed by atoms with Crippen LogP contribution in [0.1, 0.15) is 30.9 Å². The Morgan fingerprint density at radius 2 is 1.69 bits per heavy atom. The lowest BCUT2D eigenvalue weighted by molar-refractivity contribution is 0.229. The molecule has 0 saturated heterocycles. The Morgan fingerprint density at radius 1 is 1.00 bits per heavy atom. The van der Waals surface area contributed by atoms with Gasteiger partial charge >= 0.3 is 7.60 Å². The van der Waals surface area contributed by atoms with Gasteiger partial charge in [-0.15, -0.1) is 0 Å². The number of nitrogens with zero attached hydrogens (tertiary/aromatic N) is 1. The molecule has 3 aromatic rings. The average Bonchev–Trinajstić information content (AvgIpc) is 3.23. The van der Waals surface area contributed by atoms with Gasteiger partial charge in [0.25, 0.3) is 0 Å². The van der Waals surface area contributed by atoms with E-state index in [0.717, 1.165) is 23.3 Å². The molecule has 3 rings (SSSR count). The van der Waals surface area contributed by atoms with Gasteiger partial charge in [-0.2, -0.15) is 4.98 Å². The molecular formula is C24H29N2O5P. The highest BCUT2D eigenvalue weighted by Crippen LogP contribution is 2.48. The van der Waals surface area contributed by atoms with E-state index in [9.17, 15) is 4.57 Å². The zero-order chi connectivity index (χ0) is 22.8. The van der Waals surface area contributed by atoms with Crippen molar-refractivity contribution >= 4 is 31.1 Å².